The Morgan fingerprint density at radius 2 is 2.00 bits per heavy atom. The molecule has 0 amide bonds. The molecular formula is C19H16O5. The van der Waals surface area contributed by atoms with Crippen LogP contribution in [0, 0.1) is 0 Å². The first-order chi connectivity index (χ1) is 11.6. The first-order valence-electron chi connectivity index (χ1n) is 7.53. The van der Waals surface area contributed by atoms with Crippen LogP contribution in [0.25, 0.3) is 6.08 Å². The van der Waals surface area contributed by atoms with Crippen LogP contribution in [-0.4, -0.2) is 18.9 Å². The Balaban J connectivity index is 1.87. The maximum absolute atomic E-state index is 12.4. The Kier molecular flexibility index (Phi) is 4.33. The van der Waals surface area contributed by atoms with Crippen molar-refractivity contribution in [3.05, 3.63) is 59.4 Å². The zero-order valence-electron chi connectivity index (χ0n) is 13.4. The topological polar surface area (TPSA) is 61.8 Å². The van der Waals surface area contributed by atoms with E-state index in [9.17, 15) is 9.59 Å². The van der Waals surface area contributed by atoms with Crippen LogP contribution in [0.2, 0.25) is 0 Å². The molecule has 0 atom stereocenters. The van der Waals surface area contributed by atoms with Crippen molar-refractivity contribution in [1.29, 1.82) is 0 Å². The van der Waals surface area contributed by atoms with E-state index in [1.807, 2.05) is 18.2 Å². The molecule has 0 unspecified atom stereocenters. The SMILES string of the molecule is CCC(=O)Oc1ccc2c(c1)O/C(=C/c1cccc(OC)c1)C2=O. The minimum atomic E-state index is -0.341. The van der Waals surface area contributed by atoms with E-state index in [0.717, 1.165) is 5.56 Å². The molecule has 24 heavy (non-hydrogen) atoms. The van der Waals surface area contributed by atoms with Crippen molar-refractivity contribution in [2.45, 2.75) is 13.3 Å². The Morgan fingerprint density at radius 1 is 1.17 bits per heavy atom. The Labute approximate surface area is 139 Å². The average Bonchev–Trinajstić information content (AvgIpc) is 2.90. The van der Waals surface area contributed by atoms with E-state index < -0.39 is 0 Å². The van der Waals surface area contributed by atoms with Crippen molar-refractivity contribution in [1.82, 2.24) is 0 Å². The molecule has 0 aromatic heterocycles. The fourth-order valence-electron chi connectivity index (χ4n) is 2.32. The number of rotatable bonds is 4. The van der Waals surface area contributed by atoms with Gasteiger partial charge in [-0.15, -0.1) is 0 Å². The van der Waals surface area contributed by atoms with E-state index in [0.29, 0.717) is 22.8 Å². The van der Waals surface area contributed by atoms with Gasteiger partial charge in [0.1, 0.15) is 17.2 Å². The summed E-state index contributed by atoms with van der Waals surface area (Å²) in [6, 6.07) is 12.0. The van der Waals surface area contributed by atoms with Crippen LogP contribution >= 0.6 is 0 Å². The Morgan fingerprint density at radius 3 is 2.75 bits per heavy atom. The van der Waals surface area contributed by atoms with E-state index in [4.69, 9.17) is 14.2 Å². The molecule has 122 valence electrons. The summed E-state index contributed by atoms with van der Waals surface area (Å²) in [5.41, 5.74) is 1.24. The molecule has 0 aliphatic carbocycles. The first kappa shape index (κ1) is 15.8. The third-order valence-electron chi connectivity index (χ3n) is 3.55. The highest BCUT2D eigenvalue weighted by molar-refractivity contribution is 6.14. The number of fused-ring (bicyclic) bond motifs is 1. The summed E-state index contributed by atoms with van der Waals surface area (Å²) >= 11 is 0. The Bertz CT molecular complexity index is 835. The predicted molar refractivity (Wildman–Crippen MR) is 88.3 cm³/mol. The average molecular weight is 324 g/mol. The van der Waals surface area contributed by atoms with Crippen LogP contribution in [0.4, 0.5) is 0 Å². The number of Topliss-reactive ketones (excluding diaryl/α,β-unsaturated/α-hetero) is 1. The van der Waals surface area contributed by atoms with Gasteiger partial charge in [0.15, 0.2) is 5.76 Å². The molecule has 1 aliphatic heterocycles. The van der Waals surface area contributed by atoms with E-state index >= 15 is 0 Å². The van der Waals surface area contributed by atoms with Gasteiger partial charge < -0.3 is 14.2 Å². The summed E-state index contributed by atoms with van der Waals surface area (Å²) in [6.45, 7) is 1.71. The van der Waals surface area contributed by atoms with Gasteiger partial charge in [-0.2, -0.15) is 0 Å². The van der Waals surface area contributed by atoms with Crippen LogP contribution in [0.1, 0.15) is 29.3 Å². The first-order valence-corrected chi connectivity index (χ1v) is 7.53. The maximum Gasteiger partial charge on any atom is 0.310 e. The van der Waals surface area contributed by atoms with Gasteiger partial charge in [-0.3, -0.25) is 9.59 Å². The maximum atomic E-state index is 12.4. The highest BCUT2D eigenvalue weighted by Crippen LogP contribution is 2.35. The second kappa shape index (κ2) is 6.58. The summed E-state index contributed by atoms with van der Waals surface area (Å²) in [5, 5.41) is 0. The molecule has 0 saturated heterocycles. The molecule has 0 bridgehead atoms. The molecule has 0 fully saturated rings. The van der Waals surface area contributed by atoms with E-state index in [-0.39, 0.29) is 23.9 Å². The highest BCUT2D eigenvalue weighted by Gasteiger charge is 2.28. The van der Waals surface area contributed by atoms with Crippen molar-refractivity contribution in [2.24, 2.45) is 0 Å². The number of benzene rings is 2. The van der Waals surface area contributed by atoms with E-state index in [2.05, 4.69) is 0 Å². The van der Waals surface area contributed by atoms with Gasteiger partial charge in [-0.05, 0) is 35.9 Å². The summed E-state index contributed by atoms with van der Waals surface area (Å²) in [7, 11) is 1.58. The largest absolute Gasteiger partial charge is 0.497 e. The summed E-state index contributed by atoms with van der Waals surface area (Å²) in [6.07, 6.45) is 1.93. The van der Waals surface area contributed by atoms with Crippen LogP contribution < -0.4 is 14.2 Å². The van der Waals surface area contributed by atoms with E-state index in [1.165, 1.54) is 0 Å². The molecule has 0 saturated carbocycles. The fraction of sp³-hybridized carbons (Fsp3) is 0.158. The molecule has 5 heteroatoms. The smallest absolute Gasteiger partial charge is 0.310 e. The zero-order chi connectivity index (χ0) is 17.1. The molecule has 2 aromatic carbocycles. The lowest BCUT2D eigenvalue weighted by atomic mass is 10.1. The lowest BCUT2D eigenvalue weighted by Gasteiger charge is -2.04. The van der Waals surface area contributed by atoms with Gasteiger partial charge in [0, 0.05) is 12.5 Å². The monoisotopic (exact) mass is 324 g/mol. The fourth-order valence-corrected chi connectivity index (χ4v) is 2.32. The van der Waals surface area contributed by atoms with Gasteiger partial charge in [0.05, 0.1) is 12.7 Å². The number of carbonyl (C=O) groups is 2. The van der Waals surface area contributed by atoms with Crippen LogP contribution in [-0.2, 0) is 4.79 Å². The van der Waals surface area contributed by atoms with Crippen molar-refractivity contribution in [3.63, 3.8) is 0 Å². The highest BCUT2D eigenvalue weighted by atomic mass is 16.5. The van der Waals surface area contributed by atoms with Gasteiger partial charge >= 0.3 is 5.97 Å². The third kappa shape index (κ3) is 3.15. The van der Waals surface area contributed by atoms with Gasteiger partial charge in [0.2, 0.25) is 5.78 Å². The van der Waals surface area contributed by atoms with Crippen LogP contribution in [0.3, 0.4) is 0 Å². The lowest BCUT2D eigenvalue weighted by Crippen LogP contribution is -2.05. The predicted octanol–water partition coefficient (Wildman–Crippen LogP) is 3.63. The number of hydrogen-bond donors (Lipinski definition) is 0. The standard InChI is InChI=1S/C19H16O5/c1-3-18(20)23-14-7-8-15-16(11-14)24-17(19(15)21)10-12-5-4-6-13(9-12)22-2/h4-11H,3H2,1-2H3/b17-10+. The third-order valence-corrected chi connectivity index (χ3v) is 3.55. The number of methoxy groups -OCH3 is 1. The summed E-state index contributed by atoms with van der Waals surface area (Å²) < 4.78 is 15.9. The quantitative estimate of drug-likeness (QED) is 0.488. The van der Waals surface area contributed by atoms with Gasteiger partial charge in [-0.25, -0.2) is 0 Å². The number of allylic oxidation sites excluding steroid dienone is 1. The normalized spacial score (nSPS) is 14.2. The molecule has 3 rings (SSSR count). The van der Waals surface area contributed by atoms with Gasteiger partial charge in [0.25, 0.3) is 0 Å². The molecule has 2 aromatic rings. The molecule has 0 radical (unpaired) electrons. The zero-order valence-corrected chi connectivity index (χ0v) is 13.4. The van der Waals surface area contributed by atoms with Crippen LogP contribution in [0.15, 0.2) is 48.2 Å². The lowest BCUT2D eigenvalue weighted by molar-refractivity contribution is -0.134. The second-order valence-corrected chi connectivity index (χ2v) is 5.20. The number of hydrogen-bond acceptors (Lipinski definition) is 5. The Hall–Kier alpha value is -3.08. The molecular weight excluding hydrogens is 308 g/mol. The number of esters is 1. The van der Waals surface area contributed by atoms with Crippen molar-refractivity contribution in [2.75, 3.05) is 7.11 Å². The van der Waals surface area contributed by atoms with Crippen molar-refractivity contribution >= 4 is 17.8 Å². The minimum Gasteiger partial charge on any atom is -0.497 e. The molecule has 5 nitrogen and oxygen atoms in total. The summed E-state index contributed by atoms with van der Waals surface area (Å²) in [4.78, 5) is 23.8. The summed E-state index contributed by atoms with van der Waals surface area (Å²) in [5.74, 6) is 1.11. The number of ether oxygens (including phenoxy) is 3. The molecule has 0 N–H and O–H groups in total. The molecule has 1 aliphatic rings. The minimum absolute atomic E-state index is 0.207. The van der Waals surface area contributed by atoms with Crippen molar-refractivity contribution < 1.29 is 23.8 Å². The second-order valence-electron chi connectivity index (χ2n) is 5.20. The number of ketones is 1. The van der Waals surface area contributed by atoms with Crippen molar-refractivity contribution in [3.8, 4) is 17.2 Å². The van der Waals surface area contributed by atoms with Crippen LogP contribution in [0.5, 0.6) is 17.2 Å². The van der Waals surface area contributed by atoms with Gasteiger partial charge in [-0.1, -0.05) is 19.1 Å². The molecule has 1 heterocycles. The molecule has 0 spiro atoms. The number of carbonyl (C=O) groups excluding carboxylic acids is 2. The van der Waals surface area contributed by atoms with E-state index in [1.54, 1.807) is 44.4 Å².